The zero-order chi connectivity index (χ0) is 25.1. The Balaban J connectivity index is 1.60. The zero-order valence-corrected chi connectivity index (χ0v) is 20.2. The number of unbranched alkanes of at least 4 members (excludes halogenated alkanes) is 1. The largest absolute Gasteiger partial charge is 0.370 e. The van der Waals surface area contributed by atoms with Crippen molar-refractivity contribution in [2.45, 2.75) is 58.0 Å². The number of amides is 4. The number of nitrogens with two attached hydrogens (primary N) is 1. The number of nitrogens with one attached hydrogen (secondary N) is 2. The van der Waals surface area contributed by atoms with Crippen molar-refractivity contribution in [3.63, 3.8) is 0 Å². The first-order valence-corrected chi connectivity index (χ1v) is 12.2. The minimum atomic E-state index is -1.44. The quantitative estimate of drug-likeness (QED) is 0.555. The predicted octanol–water partition coefficient (Wildman–Crippen LogP) is 2.45. The van der Waals surface area contributed by atoms with E-state index < -0.39 is 41.1 Å². The van der Waals surface area contributed by atoms with Crippen LogP contribution in [0.4, 0.5) is 11.4 Å². The van der Waals surface area contributed by atoms with Gasteiger partial charge >= 0.3 is 0 Å². The number of nitrogens with zero attached hydrogens (tertiary/aromatic N) is 1. The molecule has 3 aliphatic rings. The van der Waals surface area contributed by atoms with E-state index >= 15 is 0 Å². The molecule has 2 aromatic carbocycles. The molecule has 2 aromatic rings. The molecule has 8 nitrogen and oxygen atoms in total. The summed E-state index contributed by atoms with van der Waals surface area (Å²) in [7, 11) is 0. The van der Waals surface area contributed by atoms with Crippen LogP contribution in [-0.2, 0) is 31.1 Å². The standard InChI is InChI=1S/C27H30N4O4/c1-4-5-6-16-8-10-17(11-9-16)31-24(33)21-19(13-20(28)32)30-27(22(21)25(31)34)18-12-7-14(2)15(3)23(18)29-26(27)35/h7-12,19,21-22,30H,4-6,13H2,1-3H3,(H2,28,32)(H,29,35)/t19-,21+,22+,27-/m1/s1. The molecule has 0 unspecified atom stereocenters. The van der Waals surface area contributed by atoms with E-state index in [0.29, 0.717) is 16.9 Å². The van der Waals surface area contributed by atoms with Gasteiger partial charge in [-0.25, -0.2) is 4.90 Å². The fraction of sp³-hybridized carbons (Fsp3) is 0.407. The summed E-state index contributed by atoms with van der Waals surface area (Å²) in [5.41, 5.74) is 8.86. The van der Waals surface area contributed by atoms with E-state index in [9.17, 15) is 19.2 Å². The summed E-state index contributed by atoms with van der Waals surface area (Å²) < 4.78 is 0. The lowest BCUT2D eigenvalue weighted by atomic mass is 9.76. The van der Waals surface area contributed by atoms with E-state index in [1.54, 1.807) is 12.1 Å². The van der Waals surface area contributed by atoms with E-state index in [0.717, 1.165) is 36.0 Å². The molecule has 4 atom stereocenters. The molecule has 4 N–H and O–H groups in total. The summed E-state index contributed by atoms with van der Waals surface area (Å²) in [6, 6.07) is 10.4. The monoisotopic (exact) mass is 474 g/mol. The van der Waals surface area contributed by atoms with Crippen LogP contribution in [0.25, 0.3) is 0 Å². The number of fused-ring (bicyclic) bond motifs is 4. The average molecular weight is 475 g/mol. The molecule has 35 heavy (non-hydrogen) atoms. The topological polar surface area (TPSA) is 122 Å². The summed E-state index contributed by atoms with van der Waals surface area (Å²) >= 11 is 0. The molecule has 1 spiro atoms. The van der Waals surface area contributed by atoms with Gasteiger partial charge in [0.2, 0.25) is 23.6 Å². The maximum absolute atomic E-state index is 13.9. The van der Waals surface area contributed by atoms with Crippen LogP contribution < -0.4 is 21.3 Å². The Hall–Kier alpha value is -3.52. The molecule has 2 fully saturated rings. The third-order valence-corrected chi connectivity index (χ3v) is 7.86. The van der Waals surface area contributed by atoms with E-state index in [2.05, 4.69) is 17.6 Å². The maximum atomic E-state index is 13.9. The molecular formula is C27H30N4O4. The highest BCUT2D eigenvalue weighted by atomic mass is 16.2. The van der Waals surface area contributed by atoms with Crippen molar-refractivity contribution in [1.82, 2.24) is 5.32 Å². The van der Waals surface area contributed by atoms with Crippen LogP contribution in [0.15, 0.2) is 36.4 Å². The van der Waals surface area contributed by atoms with Gasteiger partial charge in [-0.15, -0.1) is 0 Å². The van der Waals surface area contributed by atoms with Crippen LogP contribution in [0.2, 0.25) is 0 Å². The molecule has 0 aromatic heterocycles. The predicted molar refractivity (Wildman–Crippen MR) is 131 cm³/mol. The van der Waals surface area contributed by atoms with E-state index in [4.69, 9.17) is 5.73 Å². The minimum absolute atomic E-state index is 0.154. The molecule has 8 heteroatoms. The molecular weight excluding hydrogens is 444 g/mol. The van der Waals surface area contributed by atoms with Gasteiger partial charge in [0.25, 0.3) is 0 Å². The van der Waals surface area contributed by atoms with Gasteiger partial charge in [0.15, 0.2) is 0 Å². The van der Waals surface area contributed by atoms with Crippen LogP contribution in [0.5, 0.6) is 0 Å². The molecule has 0 saturated carbocycles. The highest BCUT2D eigenvalue weighted by molar-refractivity contribution is 6.26. The van der Waals surface area contributed by atoms with Gasteiger partial charge in [-0.3, -0.25) is 24.5 Å². The number of hydrogen-bond acceptors (Lipinski definition) is 5. The average Bonchev–Trinajstić information content (AvgIpc) is 3.40. The summed E-state index contributed by atoms with van der Waals surface area (Å²) in [5.74, 6) is -3.71. The molecule has 0 aliphatic carbocycles. The first-order chi connectivity index (χ1) is 16.7. The van der Waals surface area contributed by atoms with E-state index in [1.807, 2.05) is 38.1 Å². The molecule has 182 valence electrons. The van der Waals surface area contributed by atoms with Gasteiger partial charge in [-0.1, -0.05) is 37.6 Å². The SMILES string of the molecule is CCCCc1ccc(N2C(=O)[C@@H]3[C@@H](C2=O)[C@@]2(N[C@@H]3CC(N)=O)C(=O)Nc3c2ccc(C)c3C)cc1. The Bertz CT molecular complexity index is 1250. The number of aryl methyl sites for hydroxylation is 2. The van der Waals surface area contributed by atoms with Crippen molar-refractivity contribution < 1.29 is 19.2 Å². The molecule has 4 amide bonds. The van der Waals surface area contributed by atoms with E-state index in [1.165, 1.54) is 4.90 Å². The van der Waals surface area contributed by atoms with Crippen molar-refractivity contribution in [3.8, 4) is 0 Å². The van der Waals surface area contributed by atoms with Gasteiger partial charge in [0.1, 0.15) is 5.54 Å². The van der Waals surface area contributed by atoms with Crippen LogP contribution in [0.3, 0.4) is 0 Å². The molecule has 5 rings (SSSR count). The van der Waals surface area contributed by atoms with Crippen LogP contribution >= 0.6 is 0 Å². The van der Waals surface area contributed by atoms with Crippen LogP contribution in [0.1, 0.15) is 48.4 Å². The number of carbonyl (C=O) groups is 4. The molecule has 0 bridgehead atoms. The van der Waals surface area contributed by atoms with Crippen LogP contribution in [0, 0.1) is 25.7 Å². The fourth-order valence-corrected chi connectivity index (χ4v) is 5.96. The number of imide groups is 1. The number of rotatable bonds is 6. The van der Waals surface area contributed by atoms with Gasteiger partial charge < -0.3 is 11.1 Å². The summed E-state index contributed by atoms with van der Waals surface area (Å²) in [5, 5.41) is 6.18. The summed E-state index contributed by atoms with van der Waals surface area (Å²) in [4.78, 5) is 54.3. The fourth-order valence-electron chi connectivity index (χ4n) is 5.96. The van der Waals surface area contributed by atoms with Crippen molar-refractivity contribution in [2.75, 3.05) is 10.2 Å². The van der Waals surface area contributed by atoms with Gasteiger partial charge in [0.05, 0.1) is 17.5 Å². The minimum Gasteiger partial charge on any atom is -0.370 e. The summed E-state index contributed by atoms with van der Waals surface area (Å²) in [6.07, 6.45) is 2.90. The lowest BCUT2D eigenvalue weighted by Gasteiger charge is -2.29. The lowest BCUT2D eigenvalue weighted by Crippen LogP contribution is -2.53. The normalized spacial score (nSPS) is 26.9. The Kier molecular flexibility index (Phi) is 5.51. The Labute approximate surface area is 204 Å². The third-order valence-electron chi connectivity index (χ3n) is 7.86. The van der Waals surface area contributed by atoms with Crippen LogP contribution in [-0.4, -0.2) is 29.7 Å². The zero-order valence-electron chi connectivity index (χ0n) is 20.2. The van der Waals surface area contributed by atoms with E-state index in [-0.39, 0.29) is 12.3 Å². The highest BCUT2D eigenvalue weighted by Crippen LogP contribution is 2.54. The Morgan fingerprint density at radius 1 is 1.06 bits per heavy atom. The number of hydrogen-bond donors (Lipinski definition) is 3. The second-order valence-electron chi connectivity index (χ2n) is 9.90. The molecule has 0 radical (unpaired) electrons. The molecule has 3 aliphatic heterocycles. The van der Waals surface area contributed by atoms with Gasteiger partial charge in [-0.2, -0.15) is 0 Å². The van der Waals surface area contributed by atoms with Crippen molar-refractivity contribution in [2.24, 2.45) is 17.6 Å². The smallest absolute Gasteiger partial charge is 0.250 e. The third kappa shape index (κ3) is 3.31. The summed E-state index contributed by atoms with van der Waals surface area (Å²) in [6.45, 7) is 5.99. The van der Waals surface area contributed by atoms with Gasteiger partial charge in [0, 0.05) is 23.7 Å². The first kappa shape index (κ1) is 23.2. The molecule has 3 heterocycles. The number of anilines is 2. The van der Waals surface area contributed by atoms with Crippen molar-refractivity contribution in [3.05, 3.63) is 58.7 Å². The number of carbonyl (C=O) groups excluding carboxylic acids is 4. The lowest BCUT2D eigenvalue weighted by molar-refractivity contribution is -0.130. The second kappa shape index (κ2) is 8.30. The first-order valence-electron chi connectivity index (χ1n) is 12.2. The van der Waals surface area contributed by atoms with Crippen molar-refractivity contribution in [1.29, 1.82) is 0 Å². The molecule has 2 saturated heterocycles. The van der Waals surface area contributed by atoms with Gasteiger partial charge in [-0.05, 0) is 55.5 Å². The number of primary amides is 1. The maximum Gasteiger partial charge on any atom is 0.250 e. The second-order valence-corrected chi connectivity index (χ2v) is 9.90. The number of benzene rings is 2. The highest BCUT2D eigenvalue weighted by Gasteiger charge is 2.70. The van der Waals surface area contributed by atoms with Crippen molar-refractivity contribution >= 4 is 35.0 Å². The Morgan fingerprint density at radius 3 is 2.43 bits per heavy atom. The Morgan fingerprint density at radius 2 is 1.77 bits per heavy atom.